The van der Waals surface area contributed by atoms with Crippen LogP contribution in [0.15, 0.2) is 48.0 Å². The van der Waals surface area contributed by atoms with Gasteiger partial charge in [0, 0.05) is 30.6 Å². The number of fused-ring (bicyclic) bond motifs is 1. The van der Waals surface area contributed by atoms with Gasteiger partial charge in [0.05, 0.1) is 11.6 Å². The topological polar surface area (TPSA) is 70.1 Å². The summed E-state index contributed by atoms with van der Waals surface area (Å²) in [6.07, 6.45) is 0.715. The van der Waals surface area contributed by atoms with Crippen molar-refractivity contribution in [2.24, 2.45) is 0 Å². The van der Waals surface area contributed by atoms with Gasteiger partial charge in [0.15, 0.2) is 0 Å². The van der Waals surface area contributed by atoms with Gasteiger partial charge in [-0.1, -0.05) is 32.0 Å². The van der Waals surface area contributed by atoms with E-state index in [1.807, 2.05) is 20.8 Å². The molecule has 1 N–H and O–H groups in total. The molecule has 2 aliphatic heterocycles. The first-order chi connectivity index (χ1) is 15.8. The smallest absolute Gasteiger partial charge is 0.295 e. The lowest BCUT2D eigenvalue weighted by atomic mass is 9.94. The van der Waals surface area contributed by atoms with Crippen molar-refractivity contribution in [2.45, 2.75) is 39.3 Å². The number of likely N-dealkylation sites (tertiary alicyclic amines) is 1. The average molecular weight is 453 g/mol. The van der Waals surface area contributed by atoms with Gasteiger partial charge in [-0.3, -0.25) is 9.59 Å². The third-order valence-electron chi connectivity index (χ3n) is 6.46. The van der Waals surface area contributed by atoms with Crippen molar-refractivity contribution in [2.75, 3.05) is 26.2 Å². The Bertz CT molecular complexity index is 1110. The molecule has 0 aromatic heterocycles. The summed E-state index contributed by atoms with van der Waals surface area (Å²) >= 11 is 0. The third kappa shape index (κ3) is 4.25. The predicted octanol–water partition coefficient (Wildman–Crippen LogP) is 3.91. The molecule has 2 heterocycles. The van der Waals surface area contributed by atoms with E-state index in [0.717, 1.165) is 24.4 Å². The van der Waals surface area contributed by atoms with Crippen molar-refractivity contribution in [3.05, 3.63) is 70.5 Å². The number of aliphatic hydroxyl groups excluding tert-OH is 1. The maximum atomic E-state index is 14.9. The summed E-state index contributed by atoms with van der Waals surface area (Å²) in [5.74, 6) is -1.61. The average Bonchev–Trinajstić information content (AvgIpc) is 3.30. The summed E-state index contributed by atoms with van der Waals surface area (Å²) in [4.78, 5) is 29.7. The van der Waals surface area contributed by atoms with E-state index in [1.165, 1.54) is 11.0 Å². The first-order valence-electron chi connectivity index (χ1n) is 11.4. The minimum atomic E-state index is -0.995. The molecule has 0 radical (unpaired) electrons. The predicted molar refractivity (Wildman–Crippen MR) is 123 cm³/mol. The number of likely N-dealkylation sites (N-methyl/N-ethyl adjacent to an activating group) is 1. The number of nitrogens with zero attached hydrogens (tertiary/aromatic N) is 2. The van der Waals surface area contributed by atoms with Crippen molar-refractivity contribution >= 4 is 17.4 Å². The normalized spacial score (nSPS) is 21.5. The van der Waals surface area contributed by atoms with Crippen LogP contribution in [-0.2, 0) is 16.0 Å². The molecule has 1 fully saturated rings. The minimum Gasteiger partial charge on any atom is -0.507 e. The highest BCUT2D eigenvalue weighted by atomic mass is 19.1. The molecule has 2 aromatic rings. The molecule has 7 heteroatoms. The maximum Gasteiger partial charge on any atom is 0.295 e. The van der Waals surface area contributed by atoms with Crippen LogP contribution < -0.4 is 4.74 Å². The lowest BCUT2D eigenvalue weighted by Gasteiger charge is -2.28. The fourth-order valence-corrected chi connectivity index (χ4v) is 4.64. The fraction of sp³-hybridized carbons (Fsp3) is 0.385. The van der Waals surface area contributed by atoms with Gasteiger partial charge in [0.2, 0.25) is 0 Å². The Morgan fingerprint density at radius 1 is 1.18 bits per heavy atom. The Balaban J connectivity index is 1.80. The van der Waals surface area contributed by atoms with Gasteiger partial charge >= 0.3 is 0 Å². The number of ketones is 1. The van der Waals surface area contributed by atoms with Crippen LogP contribution in [0.1, 0.15) is 43.5 Å². The van der Waals surface area contributed by atoms with Crippen molar-refractivity contribution in [1.29, 1.82) is 0 Å². The molecule has 2 atom stereocenters. The van der Waals surface area contributed by atoms with E-state index >= 15 is 0 Å². The summed E-state index contributed by atoms with van der Waals surface area (Å²) in [5, 5.41) is 11.2. The van der Waals surface area contributed by atoms with Gasteiger partial charge in [0.1, 0.15) is 23.4 Å². The van der Waals surface area contributed by atoms with E-state index in [1.54, 1.807) is 36.4 Å². The number of aliphatic hydroxyl groups is 1. The van der Waals surface area contributed by atoms with Gasteiger partial charge in [-0.15, -0.1) is 0 Å². The number of carbonyl (C=O) groups excluding carboxylic acids is 2. The lowest BCUT2D eigenvalue weighted by molar-refractivity contribution is -0.140. The fourth-order valence-electron chi connectivity index (χ4n) is 4.64. The number of carbonyl (C=O) groups is 2. The second-order valence-corrected chi connectivity index (χ2v) is 8.50. The van der Waals surface area contributed by atoms with Crippen LogP contribution in [0.5, 0.6) is 5.75 Å². The highest BCUT2D eigenvalue weighted by molar-refractivity contribution is 6.46. The number of ether oxygens (including phenoxy) is 1. The number of hydrogen-bond donors (Lipinski definition) is 1. The third-order valence-corrected chi connectivity index (χ3v) is 6.46. The Hall–Kier alpha value is -3.19. The van der Waals surface area contributed by atoms with Gasteiger partial charge in [0.25, 0.3) is 11.7 Å². The Labute approximate surface area is 193 Å². The zero-order chi connectivity index (χ0) is 23.7. The number of halogens is 1. The zero-order valence-electron chi connectivity index (χ0n) is 19.2. The van der Waals surface area contributed by atoms with Gasteiger partial charge in [-0.25, -0.2) is 4.39 Å². The number of amides is 1. The maximum absolute atomic E-state index is 14.9. The molecule has 0 aliphatic carbocycles. The molecule has 6 nitrogen and oxygen atoms in total. The summed E-state index contributed by atoms with van der Waals surface area (Å²) in [6, 6.07) is 10.3. The first-order valence-corrected chi connectivity index (χ1v) is 11.4. The second kappa shape index (κ2) is 9.35. The first kappa shape index (κ1) is 23.0. The molecule has 4 rings (SSSR count). The molecular formula is C26H29FN2O4. The lowest BCUT2D eigenvalue weighted by Crippen LogP contribution is -2.38. The quantitative estimate of drug-likeness (QED) is 0.392. The van der Waals surface area contributed by atoms with Crippen LogP contribution in [0.3, 0.4) is 0 Å². The van der Waals surface area contributed by atoms with Gasteiger partial charge in [-0.2, -0.15) is 0 Å². The molecule has 2 aliphatic rings. The highest BCUT2D eigenvalue weighted by Crippen LogP contribution is 2.41. The Kier molecular flexibility index (Phi) is 6.51. The summed E-state index contributed by atoms with van der Waals surface area (Å²) in [6.45, 7) is 8.37. The Morgan fingerprint density at radius 3 is 2.61 bits per heavy atom. The van der Waals surface area contributed by atoms with Crippen LogP contribution in [0.2, 0.25) is 0 Å². The minimum absolute atomic E-state index is 0.0291. The standard InChI is InChI=1S/C26H29FN2O4/c1-4-28(5-2)12-13-29-23(19-8-6-7-9-20(19)27)22(25(31)26(29)32)24(30)17-10-11-21-18(15-17)14-16(3)33-21/h6-11,15-16,23,30H,4-5,12-14H2,1-3H3/t16-,23-/m1/s1. The monoisotopic (exact) mass is 452 g/mol. The molecule has 0 bridgehead atoms. The van der Waals surface area contributed by atoms with Crippen LogP contribution in [0.4, 0.5) is 4.39 Å². The van der Waals surface area contributed by atoms with Gasteiger partial charge < -0.3 is 19.6 Å². The second-order valence-electron chi connectivity index (χ2n) is 8.50. The molecular weight excluding hydrogens is 423 g/mol. The molecule has 174 valence electrons. The SMILES string of the molecule is CCN(CC)CCN1C(=O)C(=O)C(=C(O)c2ccc3c(c2)C[C@@H](C)O3)[C@H]1c1ccccc1F. The van der Waals surface area contributed by atoms with Crippen LogP contribution in [0.25, 0.3) is 5.76 Å². The largest absolute Gasteiger partial charge is 0.507 e. The molecule has 1 saturated heterocycles. The zero-order valence-corrected chi connectivity index (χ0v) is 19.2. The van der Waals surface area contributed by atoms with E-state index in [-0.39, 0.29) is 29.5 Å². The number of benzene rings is 2. The van der Waals surface area contributed by atoms with Gasteiger partial charge in [-0.05, 0) is 49.8 Å². The summed E-state index contributed by atoms with van der Waals surface area (Å²) < 4.78 is 20.6. The molecule has 0 saturated carbocycles. The Morgan fingerprint density at radius 2 is 1.91 bits per heavy atom. The van der Waals surface area contributed by atoms with Crippen molar-refractivity contribution in [3.63, 3.8) is 0 Å². The summed E-state index contributed by atoms with van der Waals surface area (Å²) in [5.41, 5.74) is 1.44. The molecule has 0 spiro atoms. The van der Waals surface area contributed by atoms with Crippen molar-refractivity contribution < 1.29 is 23.8 Å². The number of hydrogen-bond acceptors (Lipinski definition) is 5. The van der Waals surface area contributed by atoms with Crippen LogP contribution >= 0.6 is 0 Å². The number of Topliss-reactive ketones (excluding diaryl/α,β-unsaturated/α-hetero) is 1. The van der Waals surface area contributed by atoms with E-state index < -0.39 is 23.5 Å². The molecule has 0 unspecified atom stereocenters. The molecule has 1 amide bonds. The highest BCUT2D eigenvalue weighted by Gasteiger charge is 2.46. The van der Waals surface area contributed by atoms with Crippen molar-refractivity contribution in [3.8, 4) is 5.75 Å². The molecule has 2 aromatic carbocycles. The van der Waals surface area contributed by atoms with Crippen molar-refractivity contribution in [1.82, 2.24) is 9.80 Å². The van der Waals surface area contributed by atoms with E-state index in [2.05, 4.69) is 4.90 Å². The van der Waals surface area contributed by atoms with E-state index in [4.69, 9.17) is 4.74 Å². The van der Waals surface area contributed by atoms with Crippen LogP contribution in [0, 0.1) is 5.82 Å². The summed E-state index contributed by atoms with van der Waals surface area (Å²) in [7, 11) is 0. The van der Waals surface area contributed by atoms with E-state index in [0.29, 0.717) is 18.5 Å². The number of rotatable bonds is 7. The van der Waals surface area contributed by atoms with Crippen LogP contribution in [-0.4, -0.2) is 58.9 Å². The van der Waals surface area contributed by atoms with E-state index in [9.17, 15) is 19.1 Å². The molecule has 33 heavy (non-hydrogen) atoms.